The largest absolute Gasteiger partial charge is 0.490 e. The summed E-state index contributed by atoms with van der Waals surface area (Å²) in [7, 11) is 0. The molecule has 0 aromatic heterocycles. The zero-order valence-corrected chi connectivity index (χ0v) is 24.5. The molecule has 0 unspecified atom stereocenters. The third kappa shape index (κ3) is 8.29. The molecule has 41 heavy (non-hydrogen) atoms. The summed E-state index contributed by atoms with van der Waals surface area (Å²) in [6.45, 7) is 7.38. The Morgan fingerprint density at radius 2 is 1.61 bits per heavy atom. The number of carbonyl (C=O) groups excluding carboxylic acids is 1. The molecule has 218 valence electrons. The molecule has 0 heterocycles. The van der Waals surface area contributed by atoms with Crippen molar-refractivity contribution in [2.24, 2.45) is 5.92 Å². The molecule has 3 aromatic carbocycles. The van der Waals surface area contributed by atoms with Crippen LogP contribution in [0.2, 0.25) is 0 Å². The van der Waals surface area contributed by atoms with Gasteiger partial charge in [0.1, 0.15) is 24.8 Å². The highest BCUT2D eigenvalue weighted by Gasteiger charge is 2.22. The first-order chi connectivity index (χ1) is 19.9. The van der Waals surface area contributed by atoms with Crippen molar-refractivity contribution in [2.45, 2.75) is 77.7 Å². The number of unbranched alkanes of at least 4 members (excludes halogenated alkanes) is 2. The molecule has 0 aliphatic heterocycles. The second kappa shape index (κ2) is 15.0. The van der Waals surface area contributed by atoms with Gasteiger partial charge in [0.2, 0.25) is 0 Å². The van der Waals surface area contributed by atoms with Crippen molar-refractivity contribution in [2.75, 3.05) is 13.2 Å². The molecule has 1 aliphatic carbocycles. The summed E-state index contributed by atoms with van der Waals surface area (Å²) in [5.74, 6) is 1.19. The Balaban J connectivity index is 1.39. The van der Waals surface area contributed by atoms with Gasteiger partial charge in [0.15, 0.2) is 0 Å². The van der Waals surface area contributed by atoms with Crippen LogP contribution in [0.15, 0.2) is 72.8 Å². The van der Waals surface area contributed by atoms with Crippen LogP contribution in [0.4, 0.5) is 4.39 Å². The average Bonchev–Trinajstić information content (AvgIpc) is 2.99. The van der Waals surface area contributed by atoms with Gasteiger partial charge in [-0.25, -0.2) is 9.18 Å². The minimum atomic E-state index is -0.477. The highest BCUT2D eigenvalue weighted by Crippen LogP contribution is 2.39. The van der Waals surface area contributed by atoms with Gasteiger partial charge >= 0.3 is 5.97 Å². The van der Waals surface area contributed by atoms with Crippen LogP contribution in [0.3, 0.4) is 0 Å². The summed E-state index contributed by atoms with van der Waals surface area (Å²) in [5, 5.41) is 9.72. The molecule has 0 saturated heterocycles. The van der Waals surface area contributed by atoms with E-state index >= 15 is 4.39 Å². The van der Waals surface area contributed by atoms with Crippen molar-refractivity contribution in [3.8, 4) is 28.0 Å². The second-order valence-corrected chi connectivity index (χ2v) is 11.3. The van der Waals surface area contributed by atoms with Crippen LogP contribution in [-0.4, -0.2) is 24.3 Å². The van der Waals surface area contributed by atoms with Crippen molar-refractivity contribution < 1.29 is 23.8 Å². The lowest BCUT2D eigenvalue weighted by molar-refractivity contribution is -0.139. The fourth-order valence-electron chi connectivity index (χ4n) is 5.74. The number of esters is 1. The molecule has 0 atom stereocenters. The topological polar surface area (TPSA) is 55.8 Å². The summed E-state index contributed by atoms with van der Waals surface area (Å²) in [5.41, 5.74) is 5.20. The third-order valence-corrected chi connectivity index (χ3v) is 8.22. The van der Waals surface area contributed by atoms with Crippen LogP contribution < -0.4 is 4.74 Å². The molecule has 4 rings (SSSR count). The highest BCUT2D eigenvalue weighted by atomic mass is 19.1. The van der Waals surface area contributed by atoms with E-state index in [2.05, 4.69) is 25.6 Å². The van der Waals surface area contributed by atoms with E-state index < -0.39 is 5.97 Å². The summed E-state index contributed by atoms with van der Waals surface area (Å²) in [6.07, 6.45) is 10.5. The van der Waals surface area contributed by atoms with Gasteiger partial charge in [-0.15, -0.1) is 0 Å². The van der Waals surface area contributed by atoms with Crippen molar-refractivity contribution in [3.05, 3.63) is 89.8 Å². The SMILES string of the molecule is C=C(C)C(=O)OCCOc1cc(-c2ccc(-c3ccc(C4CCC(CCCCC)CC4)cc3)c(F)c2)ccc1CO. The number of carbonyl (C=O) groups is 1. The van der Waals surface area contributed by atoms with Gasteiger partial charge in [-0.05, 0) is 78.8 Å². The summed E-state index contributed by atoms with van der Waals surface area (Å²) >= 11 is 0. The molecule has 0 radical (unpaired) electrons. The molecule has 3 aromatic rings. The van der Waals surface area contributed by atoms with Crippen LogP contribution in [0, 0.1) is 11.7 Å². The number of aliphatic hydroxyl groups excluding tert-OH is 1. The first-order valence-electron chi connectivity index (χ1n) is 15.0. The lowest BCUT2D eigenvalue weighted by Gasteiger charge is -2.29. The molecule has 1 fully saturated rings. The summed E-state index contributed by atoms with van der Waals surface area (Å²) < 4.78 is 26.2. The van der Waals surface area contributed by atoms with Gasteiger partial charge in [0.05, 0.1) is 6.61 Å². The molecular weight excluding hydrogens is 515 g/mol. The average molecular weight is 559 g/mol. The lowest BCUT2D eigenvalue weighted by Crippen LogP contribution is -2.13. The van der Waals surface area contributed by atoms with E-state index in [9.17, 15) is 9.90 Å². The Kier molecular flexibility index (Phi) is 11.1. The lowest BCUT2D eigenvalue weighted by atomic mass is 9.77. The highest BCUT2D eigenvalue weighted by molar-refractivity contribution is 5.86. The van der Waals surface area contributed by atoms with E-state index in [4.69, 9.17) is 9.47 Å². The molecule has 1 N–H and O–H groups in total. The quantitative estimate of drug-likeness (QED) is 0.129. The van der Waals surface area contributed by atoms with Gasteiger partial charge in [0, 0.05) is 16.7 Å². The normalized spacial score (nSPS) is 16.8. The predicted molar refractivity (Wildman–Crippen MR) is 163 cm³/mol. The molecule has 0 amide bonds. The van der Waals surface area contributed by atoms with E-state index in [1.54, 1.807) is 19.1 Å². The van der Waals surface area contributed by atoms with E-state index in [0.29, 0.717) is 33.9 Å². The van der Waals surface area contributed by atoms with Crippen molar-refractivity contribution in [1.82, 2.24) is 0 Å². The number of ether oxygens (including phenoxy) is 2. The molecule has 4 nitrogen and oxygen atoms in total. The number of aliphatic hydroxyl groups is 1. The van der Waals surface area contributed by atoms with E-state index in [1.165, 1.54) is 63.0 Å². The predicted octanol–water partition coefficient (Wildman–Crippen LogP) is 9.00. The Labute approximate surface area is 244 Å². The number of hydrogen-bond donors (Lipinski definition) is 1. The minimum Gasteiger partial charge on any atom is -0.490 e. The van der Waals surface area contributed by atoms with E-state index in [0.717, 1.165) is 17.0 Å². The molecule has 0 bridgehead atoms. The second-order valence-electron chi connectivity index (χ2n) is 11.3. The number of halogens is 1. The molecular formula is C36H43FO4. The first kappa shape index (κ1) is 30.5. The molecule has 5 heteroatoms. The number of hydrogen-bond acceptors (Lipinski definition) is 4. The Hall–Kier alpha value is -3.44. The first-order valence-corrected chi connectivity index (χ1v) is 15.0. The van der Waals surface area contributed by atoms with Crippen LogP contribution in [0.1, 0.15) is 82.3 Å². The zero-order valence-electron chi connectivity index (χ0n) is 24.5. The van der Waals surface area contributed by atoms with Gasteiger partial charge < -0.3 is 14.6 Å². The smallest absolute Gasteiger partial charge is 0.333 e. The maximum atomic E-state index is 15.4. The van der Waals surface area contributed by atoms with E-state index in [-0.39, 0.29) is 25.6 Å². The molecule has 0 spiro atoms. The Bertz CT molecular complexity index is 1310. The fraction of sp³-hybridized carbons (Fsp3) is 0.417. The van der Waals surface area contributed by atoms with Crippen LogP contribution >= 0.6 is 0 Å². The zero-order chi connectivity index (χ0) is 29.2. The molecule has 1 aliphatic rings. The van der Waals surface area contributed by atoms with Gasteiger partial charge in [-0.2, -0.15) is 0 Å². The summed E-state index contributed by atoms with van der Waals surface area (Å²) in [6, 6.07) is 19.1. The fourth-order valence-corrected chi connectivity index (χ4v) is 5.74. The van der Waals surface area contributed by atoms with Crippen molar-refractivity contribution in [1.29, 1.82) is 0 Å². The summed E-state index contributed by atoms with van der Waals surface area (Å²) in [4.78, 5) is 11.6. The Morgan fingerprint density at radius 1 is 0.927 bits per heavy atom. The van der Waals surface area contributed by atoms with Gasteiger partial charge in [-0.1, -0.05) is 87.7 Å². The maximum Gasteiger partial charge on any atom is 0.333 e. The van der Waals surface area contributed by atoms with E-state index in [1.807, 2.05) is 30.3 Å². The van der Waals surface area contributed by atoms with Crippen LogP contribution in [0.25, 0.3) is 22.3 Å². The Morgan fingerprint density at radius 3 is 2.27 bits per heavy atom. The monoisotopic (exact) mass is 558 g/mol. The maximum absolute atomic E-state index is 15.4. The molecule has 1 saturated carbocycles. The minimum absolute atomic E-state index is 0.0587. The number of benzene rings is 3. The van der Waals surface area contributed by atoms with Crippen molar-refractivity contribution in [3.63, 3.8) is 0 Å². The van der Waals surface area contributed by atoms with Crippen LogP contribution in [0.5, 0.6) is 5.75 Å². The number of rotatable bonds is 13. The van der Waals surface area contributed by atoms with Gasteiger partial charge in [-0.3, -0.25) is 0 Å². The van der Waals surface area contributed by atoms with Gasteiger partial charge in [0.25, 0.3) is 0 Å². The standard InChI is InChI=1S/C36H43FO4/c1-4-5-6-7-26-8-10-27(11-9-26)28-12-14-29(15-13-28)33-19-18-30(22-34(33)37)31-16-17-32(24-38)35(23-31)40-20-21-41-36(39)25(2)3/h12-19,22-23,26-27,38H,2,4-11,20-21,24H2,1,3H3. The van der Waals surface area contributed by atoms with Crippen molar-refractivity contribution >= 4 is 5.97 Å². The van der Waals surface area contributed by atoms with Crippen LogP contribution in [-0.2, 0) is 16.1 Å². The third-order valence-electron chi connectivity index (χ3n) is 8.22.